The fourth-order valence-electron chi connectivity index (χ4n) is 2.54. The van der Waals surface area contributed by atoms with Crippen LogP contribution in [0.15, 0.2) is 0 Å². The van der Waals surface area contributed by atoms with Crippen LogP contribution in [0.1, 0.15) is 58.8 Å². The highest BCUT2D eigenvalue weighted by Gasteiger charge is 2.21. The van der Waals surface area contributed by atoms with E-state index in [9.17, 15) is 4.79 Å². The first kappa shape index (κ1) is 17.4. The van der Waals surface area contributed by atoms with Gasteiger partial charge in [0.25, 0.3) is 0 Å². The second-order valence-corrected chi connectivity index (χ2v) is 5.70. The summed E-state index contributed by atoms with van der Waals surface area (Å²) in [6.07, 6.45) is 7.66. The highest BCUT2D eigenvalue weighted by atomic mass is 16.5. The fourth-order valence-corrected chi connectivity index (χ4v) is 2.54. The summed E-state index contributed by atoms with van der Waals surface area (Å²) in [5.41, 5.74) is 0. The molecule has 4 nitrogen and oxygen atoms in total. The Hall–Kier alpha value is -0.610. The van der Waals surface area contributed by atoms with Gasteiger partial charge >= 0.3 is 0 Å². The van der Waals surface area contributed by atoms with Crippen molar-refractivity contribution in [3.63, 3.8) is 0 Å². The van der Waals surface area contributed by atoms with E-state index < -0.39 is 0 Å². The molecular formula is C16H32N2O2. The zero-order valence-corrected chi connectivity index (χ0v) is 13.3. The molecule has 20 heavy (non-hydrogen) atoms. The summed E-state index contributed by atoms with van der Waals surface area (Å²) in [6, 6.07) is 0. The number of morpholine rings is 1. The van der Waals surface area contributed by atoms with Gasteiger partial charge < -0.3 is 15.0 Å². The van der Waals surface area contributed by atoms with Gasteiger partial charge in [-0.15, -0.1) is 0 Å². The van der Waals surface area contributed by atoms with Gasteiger partial charge in [-0.25, -0.2) is 0 Å². The standard InChI is InChI=1S/C16H32N2O2/c1-3-5-7-10-18(11-8-6-4-2)16(19)13-15-14-17-9-12-20-15/h15,17H,3-14H2,1-2H3. The molecule has 1 heterocycles. The molecule has 1 fully saturated rings. The van der Waals surface area contributed by atoms with Gasteiger partial charge in [0, 0.05) is 26.2 Å². The number of hydrogen-bond donors (Lipinski definition) is 1. The van der Waals surface area contributed by atoms with Crippen LogP contribution in [0.2, 0.25) is 0 Å². The summed E-state index contributed by atoms with van der Waals surface area (Å²) < 4.78 is 5.64. The molecule has 1 atom stereocenters. The van der Waals surface area contributed by atoms with E-state index in [4.69, 9.17) is 4.74 Å². The molecule has 1 amide bonds. The molecule has 0 spiro atoms. The van der Waals surface area contributed by atoms with Crippen molar-refractivity contribution in [1.82, 2.24) is 10.2 Å². The normalized spacial score (nSPS) is 19.0. The van der Waals surface area contributed by atoms with Gasteiger partial charge in [0.05, 0.1) is 19.1 Å². The topological polar surface area (TPSA) is 41.6 Å². The van der Waals surface area contributed by atoms with Crippen LogP contribution in [-0.4, -0.2) is 49.7 Å². The van der Waals surface area contributed by atoms with Gasteiger partial charge in [-0.2, -0.15) is 0 Å². The minimum absolute atomic E-state index is 0.0658. The minimum Gasteiger partial charge on any atom is -0.375 e. The van der Waals surface area contributed by atoms with Crippen molar-refractivity contribution in [3.05, 3.63) is 0 Å². The van der Waals surface area contributed by atoms with Crippen molar-refractivity contribution in [2.24, 2.45) is 0 Å². The first-order chi connectivity index (χ1) is 9.77. The Morgan fingerprint density at radius 1 is 1.15 bits per heavy atom. The van der Waals surface area contributed by atoms with Crippen molar-refractivity contribution < 1.29 is 9.53 Å². The third kappa shape index (κ3) is 7.25. The number of amides is 1. The van der Waals surface area contributed by atoms with Gasteiger partial charge in [0.2, 0.25) is 5.91 Å². The predicted molar refractivity (Wildman–Crippen MR) is 82.9 cm³/mol. The Balaban J connectivity index is 2.35. The monoisotopic (exact) mass is 284 g/mol. The number of carbonyl (C=O) groups excluding carboxylic acids is 1. The number of hydrogen-bond acceptors (Lipinski definition) is 3. The number of nitrogens with zero attached hydrogens (tertiary/aromatic N) is 1. The molecule has 1 unspecified atom stereocenters. The lowest BCUT2D eigenvalue weighted by atomic mass is 10.1. The maximum atomic E-state index is 12.4. The van der Waals surface area contributed by atoms with Gasteiger partial charge in [-0.05, 0) is 12.8 Å². The van der Waals surface area contributed by atoms with Gasteiger partial charge in [-0.1, -0.05) is 39.5 Å². The summed E-state index contributed by atoms with van der Waals surface area (Å²) in [4.78, 5) is 14.5. The van der Waals surface area contributed by atoms with E-state index in [0.29, 0.717) is 6.42 Å². The number of carbonyl (C=O) groups is 1. The van der Waals surface area contributed by atoms with Gasteiger partial charge in [-0.3, -0.25) is 4.79 Å². The van der Waals surface area contributed by atoms with E-state index in [1.54, 1.807) is 0 Å². The Bertz CT molecular complexity index is 243. The second kappa shape index (κ2) is 11.1. The van der Waals surface area contributed by atoms with Crippen molar-refractivity contribution in [3.8, 4) is 0 Å². The molecule has 0 aromatic rings. The summed E-state index contributed by atoms with van der Waals surface area (Å²) >= 11 is 0. The first-order valence-corrected chi connectivity index (χ1v) is 8.38. The zero-order chi connectivity index (χ0) is 14.6. The van der Waals surface area contributed by atoms with Crippen LogP contribution < -0.4 is 5.32 Å². The molecule has 1 aliphatic heterocycles. The van der Waals surface area contributed by atoms with Crippen molar-refractivity contribution >= 4 is 5.91 Å². The Labute approximate surface area is 124 Å². The zero-order valence-electron chi connectivity index (χ0n) is 13.3. The molecule has 1 N–H and O–H groups in total. The molecule has 0 radical (unpaired) electrons. The largest absolute Gasteiger partial charge is 0.375 e. The van der Waals surface area contributed by atoms with Crippen LogP contribution in [0.3, 0.4) is 0 Å². The summed E-state index contributed by atoms with van der Waals surface area (Å²) in [5.74, 6) is 0.269. The smallest absolute Gasteiger partial charge is 0.225 e. The van der Waals surface area contributed by atoms with Crippen LogP contribution in [0.4, 0.5) is 0 Å². The molecule has 0 aliphatic carbocycles. The Kier molecular flexibility index (Phi) is 9.67. The maximum Gasteiger partial charge on any atom is 0.225 e. The molecule has 0 aromatic carbocycles. The lowest BCUT2D eigenvalue weighted by Crippen LogP contribution is -2.43. The molecule has 1 saturated heterocycles. The summed E-state index contributed by atoms with van der Waals surface area (Å²) in [7, 11) is 0. The molecule has 0 aromatic heterocycles. The molecule has 1 aliphatic rings. The SMILES string of the molecule is CCCCCN(CCCCC)C(=O)CC1CNCCO1. The summed E-state index contributed by atoms with van der Waals surface area (Å²) in [5, 5.41) is 3.29. The lowest BCUT2D eigenvalue weighted by molar-refractivity contribution is -0.134. The second-order valence-electron chi connectivity index (χ2n) is 5.70. The third-order valence-electron chi connectivity index (χ3n) is 3.82. The molecule has 0 saturated carbocycles. The maximum absolute atomic E-state index is 12.4. The number of unbranched alkanes of at least 4 members (excludes halogenated alkanes) is 4. The number of nitrogens with one attached hydrogen (secondary N) is 1. The number of ether oxygens (including phenoxy) is 1. The van der Waals surface area contributed by atoms with E-state index in [1.165, 1.54) is 25.7 Å². The van der Waals surface area contributed by atoms with E-state index in [1.807, 2.05) is 0 Å². The van der Waals surface area contributed by atoms with E-state index in [2.05, 4.69) is 24.1 Å². The van der Waals surface area contributed by atoms with Crippen LogP contribution in [0.5, 0.6) is 0 Å². The molecule has 0 bridgehead atoms. The minimum atomic E-state index is 0.0658. The van der Waals surface area contributed by atoms with Crippen molar-refractivity contribution in [2.75, 3.05) is 32.8 Å². The Morgan fingerprint density at radius 2 is 1.80 bits per heavy atom. The average molecular weight is 284 g/mol. The van der Waals surface area contributed by atoms with Gasteiger partial charge in [0.1, 0.15) is 0 Å². The molecule has 1 rings (SSSR count). The van der Waals surface area contributed by atoms with E-state index in [-0.39, 0.29) is 12.0 Å². The highest BCUT2D eigenvalue weighted by Crippen LogP contribution is 2.09. The molecule has 4 heteroatoms. The van der Waals surface area contributed by atoms with Crippen LogP contribution in [0, 0.1) is 0 Å². The fraction of sp³-hybridized carbons (Fsp3) is 0.938. The van der Waals surface area contributed by atoms with Gasteiger partial charge in [0.15, 0.2) is 0 Å². The third-order valence-corrected chi connectivity index (χ3v) is 3.82. The number of rotatable bonds is 10. The lowest BCUT2D eigenvalue weighted by Gasteiger charge is -2.27. The van der Waals surface area contributed by atoms with E-state index >= 15 is 0 Å². The van der Waals surface area contributed by atoms with Crippen molar-refractivity contribution in [1.29, 1.82) is 0 Å². The van der Waals surface area contributed by atoms with E-state index in [0.717, 1.165) is 45.6 Å². The van der Waals surface area contributed by atoms with Crippen LogP contribution in [-0.2, 0) is 9.53 Å². The van der Waals surface area contributed by atoms with Crippen molar-refractivity contribution in [2.45, 2.75) is 64.9 Å². The predicted octanol–water partition coefficient (Wildman–Crippen LogP) is 2.57. The highest BCUT2D eigenvalue weighted by molar-refractivity contribution is 5.76. The average Bonchev–Trinajstić information content (AvgIpc) is 2.47. The first-order valence-electron chi connectivity index (χ1n) is 8.38. The van der Waals surface area contributed by atoms with Crippen LogP contribution in [0.25, 0.3) is 0 Å². The molecule has 118 valence electrons. The Morgan fingerprint density at radius 3 is 2.30 bits per heavy atom. The quantitative estimate of drug-likeness (QED) is 0.627. The van der Waals surface area contributed by atoms with Crippen LogP contribution >= 0.6 is 0 Å². The summed E-state index contributed by atoms with van der Waals surface area (Å²) in [6.45, 7) is 8.66. The molecular weight excluding hydrogens is 252 g/mol.